The lowest BCUT2D eigenvalue weighted by molar-refractivity contribution is -0.135. The van der Waals surface area contributed by atoms with Crippen molar-refractivity contribution in [3.05, 3.63) is 22.5 Å². The second-order valence-electron chi connectivity index (χ2n) is 5.80. The number of carbonyl (C=O) groups is 2. The third kappa shape index (κ3) is 5.52. The van der Waals surface area contributed by atoms with Crippen LogP contribution in [0.25, 0.3) is 0 Å². The zero-order chi connectivity index (χ0) is 17.6. The molecule has 0 aliphatic heterocycles. The Kier molecular flexibility index (Phi) is 7.03. The van der Waals surface area contributed by atoms with Crippen molar-refractivity contribution >= 4 is 11.6 Å². The van der Waals surface area contributed by atoms with E-state index in [4.69, 9.17) is 4.74 Å². The van der Waals surface area contributed by atoms with Crippen LogP contribution in [0, 0.1) is 0 Å². The van der Waals surface area contributed by atoms with Crippen LogP contribution in [-0.2, 0) is 14.3 Å². The summed E-state index contributed by atoms with van der Waals surface area (Å²) in [5, 5.41) is 0. The molecule has 0 spiro atoms. The van der Waals surface area contributed by atoms with Gasteiger partial charge >= 0.3 is 6.18 Å². The van der Waals surface area contributed by atoms with Crippen molar-refractivity contribution < 1.29 is 27.5 Å². The van der Waals surface area contributed by atoms with Crippen LogP contribution in [0.15, 0.2) is 22.5 Å². The number of Topliss-reactive ketones (excluding diaryl/α,β-unsaturated/α-hetero) is 2. The number of methoxy groups -OCH3 is 1. The van der Waals surface area contributed by atoms with Gasteiger partial charge in [-0.25, -0.2) is 0 Å². The van der Waals surface area contributed by atoms with Crippen molar-refractivity contribution in [2.45, 2.75) is 65.0 Å². The van der Waals surface area contributed by atoms with E-state index < -0.39 is 12.6 Å². The highest BCUT2D eigenvalue weighted by Gasteiger charge is 2.30. The first kappa shape index (κ1) is 19.5. The number of allylic oxidation sites excluding steroid dienone is 3. The average Bonchev–Trinajstić information content (AvgIpc) is 2.46. The van der Waals surface area contributed by atoms with E-state index in [-0.39, 0.29) is 23.7 Å². The Morgan fingerprint density at radius 3 is 2.00 bits per heavy atom. The van der Waals surface area contributed by atoms with E-state index in [2.05, 4.69) is 0 Å². The first-order valence-electron chi connectivity index (χ1n) is 7.79. The smallest absolute Gasteiger partial charge is 0.389 e. The number of unbranched alkanes of at least 4 members (excludes halogenated alkanes) is 4. The van der Waals surface area contributed by atoms with E-state index in [9.17, 15) is 22.8 Å². The maximum absolute atomic E-state index is 12.3. The van der Waals surface area contributed by atoms with E-state index in [1.54, 1.807) is 13.8 Å². The fourth-order valence-corrected chi connectivity index (χ4v) is 2.70. The molecule has 0 aromatic rings. The molecule has 1 aliphatic rings. The minimum Gasteiger partial charge on any atom is -0.492 e. The molecule has 0 N–H and O–H groups in total. The molecule has 0 heterocycles. The fraction of sp³-hybridized carbons (Fsp3) is 0.647. The average molecular weight is 332 g/mol. The zero-order valence-corrected chi connectivity index (χ0v) is 13.8. The zero-order valence-electron chi connectivity index (χ0n) is 13.8. The summed E-state index contributed by atoms with van der Waals surface area (Å²) in [7, 11) is 1.36. The van der Waals surface area contributed by atoms with Crippen molar-refractivity contribution in [1.82, 2.24) is 0 Å². The highest BCUT2D eigenvalue weighted by atomic mass is 19.4. The van der Waals surface area contributed by atoms with Gasteiger partial charge in [0.1, 0.15) is 0 Å². The second kappa shape index (κ2) is 8.31. The number of hydrogen-bond donors (Lipinski definition) is 0. The Labute approximate surface area is 134 Å². The number of carbonyl (C=O) groups excluding carboxylic acids is 2. The van der Waals surface area contributed by atoms with E-state index in [1.807, 2.05) is 0 Å². The summed E-state index contributed by atoms with van der Waals surface area (Å²) in [6, 6.07) is 0. The van der Waals surface area contributed by atoms with Gasteiger partial charge in [0.25, 0.3) is 0 Å². The Morgan fingerprint density at radius 2 is 1.43 bits per heavy atom. The van der Waals surface area contributed by atoms with Gasteiger partial charge in [0, 0.05) is 23.1 Å². The number of ether oxygens (including phenoxy) is 1. The lowest BCUT2D eigenvalue weighted by Crippen LogP contribution is -2.23. The molecule has 0 atom stereocenters. The largest absolute Gasteiger partial charge is 0.492 e. The summed E-state index contributed by atoms with van der Waals surface area (Å²) in [5.74, 6) is -0.332. The maximum atomic E-state index is 12.3. The summed E-state index contributed by atoms with van der Waals surface area (Å²) in [6.07, 6.45) is -1.62. The van der Waals surface area contributed by atoms with Crippen LogP contribution in [-0.4, -0.2) is 24.9 Å². The lowest BCUT2D eigenvalue weighted by Gasteiger charge is -2.19. The Balaban J connectivity index is 2.43. The molecule has 0 amide bonds. The minimum atomic E-state index is -4.09. The quantitative estimate of drug-likeness (QED) is 0.479. The first-order valence-corrected chi connectivity index (χ1v) is 7.79. The molecule has 0 aromatic carbocycles. The van der Waals surface area contributed by atoms with Gasteiger partial charge in [-0.15, -0.1) is 0 Å². The van der Waals surface area contributed by atoms with Crippen LogP contribution >= 0.6 is 0 Å². The molecule has 130 valence electrons. The van der Waals surface area contributed by atoms with Gasteiger partial charge in [0.05, 0.1) is 7.11 Å². The highest BCUT2D eigenvalue weighted by molar-refractivity contribution is 6.23. The normalized spacial score (nSPS) is 16.4. The summed E-state index contributed by atoms with van der Waals surface area (Å²) >= 11 is 0. The third-order valence-electron chi connectivity index (χ3n) is 4.05. The maximum Gasteiger partial charge on any atom is 0.389 e. The molecule has 6 heteroatoms. The molecule has 0 aromatic heterocycles. The molecule has 0 saturated carbocycles. The highest BCUT2D eigenvalue weighted by Crippen LogP contribution is 2.28. The summed E-state index contributed by atoms with van der Waals surface area (Å²) in [4.78, 5) is 24.3. The first-order chi connectivity index (χ1) is 10.7. The molecular formula is C17H23F3O3. The summed E-state index contributed by atoms with van der Waals surface area (Å²) < 4.78 is 41.0. The van der Waals surface area contributed by atoms with Crippen LogP contribution in [0.4, 0.5) is 13.2 Å². The SMILES string of the molecule is COC1=C(C)C(=O)C(C)=C(CCCCCCCC(F)(F)F)C1=O. The predicted octanol–water partition coefficient (Wildman–Crippen LogP) is 4.67. The van der Waals surface area contributed by atoms with Gasteiger partial charge in [-0.1, -0.05) is 19.3 Å². The van der Waals surface area contributed by atoms with Gasteiger partial charge < -0.3 is 4.74 Å². The van der Waals surface area contributed by atoms with Crippen LogP contribution in [0.1, 0.15) is 58.8 Å². The molecule has 0 fully saturated rings. The summed E-state index contributed by atoms with van der Waals surface area (Å²) in [5.41, 5.74) is 1.24. The van der Waals surface area contributed by atoms with Gasteiger partial charge in [-0.3, -0.25) is 9.59 Å². The van der Waals surface area contributed by atoms with Crippen molar-refractivity contribution in [2.24, 2.45) is 0 Å². The Hall–Kier alpha value is -1.59. The molecule has 1 aliphatic carbocycles. The van der Waals surface area contributed by atoms with E-state index in [1.165, 1.54) is 7.11 Å². The standard InChI is InChI=1S/C17H23F3O3/c1-11-13(15(22)16(23-3)12(2)14(11)21)9-7-5-4-6-8-10-17(18,19)20/h4-10H2,1-3H3. The second-order valence-corrected chi connectivity index (χ2v) is 5.80. The van der Waals surface area contributed by atoms with Crippen molar-refractivity contribution in [1.29, 1.82) is 0 Å². The van der Waals surface area contributed by atoms with Crippen LogP contribution < -0.4 is 0 Å². The summed E-state index contributed by atoms with van der Waals surface area (Å²) in [6.45, 7) is 3.20. The lowest BCUT2D eigenvalue weighted by atomic mass is 9.87. The van der Waals surface area contributed by atoms with Gasteiger partial charge in [0.2, 0.25) is 5.78 Å². The van der Waals surface area contributed by atoms with Crippen LogP contribution in [0.5, 0.6) is 0 Å². The fourth-order valence-electron chi connectivity index (χ4n) is 2.70. The van der Waals surface area contributed by atoms with Crippen molar-refractivity contribution in [3.63, 3.8) is 0 Å². The number of hydrogen-bond acceptors (Lipinski definition) is 3. The number of alkyl halides is 3. The number of rotatable bonds is 8. The topological polar surface area (TPSA) is 43.4 Å². The monoisotopic (exact) mass is 332 g/mol. The number of halogens is 3. The predicted molar refractivity (Wildman–Crippen MR) is 80.8 cm³/mol. The van der Waals surface area contributed by atoms with Gasteiger partial charge in [-0.2, -0.15) is 13.2 Å². The molecule has 3 nitrogen and oxygen atoms in total. The number of ketones is 2. The molecule has 23 heavy (non-hydrogen) atoms. The minimum absolute atomic E-state index is 0.0979. The van der Waals surface area contributed by atoms with E-state index in [0.29, 0.717) is 42.4 Å². The Morgan fingerprint density at radius 1 is 0.870 bits per heavy atom. The molecule has 0 unspecified atom stereocenters. The molecular weight excluding hydrogens is 309 g/mol. The third-order valence-corrected chi connectivity index (χ3v) is 4.05. The van der Waals surface area contributed by atoms with Crippen LogP contribution in [0.3, 0.4) is 0 Å². The Bertz CT molecular complexity index is 528. The van der Waals surface area contributed by atoms with Crippen molar-refractivity contribution in [3.8, 4) is 0 Å². The molecule has 0 bridgehead atoms. The molecule has 0 saturated heterocycles. The van der Waals surface area contributed by atoms with Crippen molar-refractivity contribution in [2.75, 3.05) is 7.11 Å². The van der Waals surface area contributed by atoms with Gasteiger partial charge in [0.15, 0.2) is 11.5 Å². The molecule has 1 rings (SSSR count). The van der Waals surface area contributed by atoms with E-state index >= 15 is 0 Å². The van der Waals surface area contributed by atoms with E-state index in [0.717, 1.165) is 6.42 Å². The van der Waals surface area contributed by atoms with Gasteiger partial charge in [-0.05, 0) is 33.1 Å². The molecule has 0 radical (unpaired) electrons. The van der Waals surface area contributed by atoms with Crippen LogP contribution in [0.2, 0.25) is 0 Å².